The minimum atomic E-state index is -3.11. The molecule has 0 radical (unpaired) electrons. The Bertz CT molecular complexity index is 1370. The van der Waals surface area contributed by atoms with Gasteiger partial charge in [-0.05, 0) is 30.7 Å². The second-order valence-electron chi connectivity index (χ2n) is 8.80. The highest BCUT2D eigenvalue weighted by molar-refractivity contribution is 7.91. The van der Waals surface area contributed by atoms with Gasteiger partial charge in [-0.1, -0.05) is 41.9 Å². The highest BCUT2D eigenvalue weighted by Crippen LogP contribution is 2.27. The Labute approximate surface area is 203 Å². The van der Waals surface area contributed by atoms with Crippen LogP contribution in [-0.2, 0) is 14.6 Å². The van der Waals surface area contributed by atoms with Crippen LogP contribution in [0.3, 0.4) is 0 Å². The standard InChI is InChI=1S/C25H24ClN3O4S/c26-19-7-5-17(6-8-19)23-15-21(20-3-1-2-4-22(20)27-23)25(31)29-12-10-28(11-13-29)24(30)18-9-14-34(32,33)16-18/h1-8,15,18H,9-14,16H2/t18-/m0/s1. The molecule has 2 aliphatic heterocycles. The Morgan fingerprint density at radius 2 is 1.62 bits per heavy atom. The normalized spacial score (nSPS) is 20.0. The molecule has 2 amide bonds. The average molecular weight is 498 g/mol. The molecule has 176 valence electrons. The van der Waals surface area contributed by atoms with Crippen LogP contribution in [0.2, 0.25) is 5.02 Å². The van der Waals surface area contributed by atoms with Crippen molar-refractivity contribution >= 4 is 44.2 Å². The number of aromatic nitrogens is 1. The molecule has 3 heterocycles. The first-order valence-electron chi connectivity index (χ1n) is 11.2. The molecule has 0 bridgehead atoms. The van der Waals surface area contributed by atoms with Crippen LogP contribution in [0, 0.1) is 5.92 Å². The number of nitrogens with zero attached hydrogens (tertiary/aromatic N) is 3. The van der Waals surface area contributed by atoms with Gasteiger partial charge in [0.25, 0.3) is 5.91 Å². The third kappa shape index (κ3) is 4.52. The predicted octanol–water partition coefficient (Wildman–Crippen LogP) is 3.27. The van der Waals surface area contributed by atoms with E-state index in [2.05, 4.69) is 0 Å². The number of piperazine rings is 1. The van der Waals surface area contributed by atoms with Crippen LogP contribution < -0.4 is 0 Å². The molecule has 2 saturated heterocycles. The van der Waals surface area contributed by atoms with Gasteiger partial charge in [0.05, 0.1) is 34.2 Å². The zero-order valence-electron chi connectivity index (χ0n) is 18.5. The number of amides is 2. The SMILES string of the molecule is O=C(c1cc(-c2ccc(Cl)cc2)nc2ccccc12)N1CCN(C(=O)[C@H]2CCS(=O)(=O)C2)CC1. The van der Waals surface area contributed by atoms with Gasteiger partial charge in [-0.2, -0.15) is 0 Å². The third-order valence-corrected chi connectivity index (χ3v) is 8.57. The number of carbonyl (C=O) groups is 2. The van der Waals surface area contributed by atoms with E-state index in [0.717, 1.165) is 16.5 Å². The van der Waals surface area contributed by atoms with E-state index < -0.39 is 15.8 Å². The summed E-state index contributed by atoms with van der Waals surface area (Å²) < 4.78 is 23.5. The summed E-state index contributed by atoms with van der Waals surface area (Å²) in [6, 6.07) is 16.7. The van der Waals surface area contributed by atoms with Gasteiger partial charge in [0, 0.05) is 42.2 Å². The van der Waals surface area contributed by atoms with Gasteiger partial charge < -0.3 is 9.80 Å². The van der Waals surface area contributed by atoms with E-state index in [4.69, 9.17) is 16.6 Å². The number of carbonyl (C=O) groups excluding carboxylic acids is 2. The molecular weight excluding hydrogens is 474 g/mol. The number of benzene rings is 2. The Kier molecular flexibility index (Phi) is 6.04. The fourth-order valence-electron chi connectivity index (χ4n) is 4.67. The van der Waals surface area contributed by atoms with E-state index in [9.17, 15) is 18.0 Å². The molecule has 2 aromatic carbocycles. The molecule has 9 heteroatoms. The number of hydrogen-bond acceptors (Lipinski definition) is 5. The molecule has 2 fully saturated rings. The summed E-state index contributed by atoms with van der Waals surface area (Å²) in [7, 11) is -3.11. The lowest BCUT2D eigenvalue weighted by atomic mass is 10.0. The maximum atomic E-state index is 13.6. The summed E-state index contributed by atoms with van der Waals surface area (Å²) in [5.41, 5.74) is 2.85. The van der Waals surface area contributed by atoms with E-state index in [0.29, 0.717) is 48.9 Å². The van der Waals surface area contributed by atoms with Crippen molar-refractivity contribution in [2.75, 3.05) is 37.7 Å². The van der Waals surface area contributed by atoms with E-state index in [1.165, 1.54) is 0 Å². The van der Waals surface area contributed by atoms with Gasteiger partial charge in [0.2, 0.25) is 5.91 Å². The van der Waals surface area contributed by atoms with Crippen LogP contribution in [0.4, 0.5) is 0 Å². The Morgan fingerprint density at radius 1 is 0.941 bits per heavy atom. The second-order valence-corrected chi connectivity index (χ2v) is 11.5. The molecule has 34 heavy (non-hydrogen) atoms. The summed E-state index contributed by atoms with van der Waals surface area (Å²) in [6.45, 7) is 1.59. The van der Waals surface area contributed by atoms with Crippen molar-refractivity contribution in [1.82, 2.24) is 14.8 Å². The molecule has 1 atom stereocenters. The monoisotopic (exact) mass is 497 g/mol. The maximum Gasteiger partial charge on any atom is 0.254 e. The lowest BCUT2D eigenvalue weighted by molar-refractivity contribution is -0.136. The van der Waals surface area contributed by atoms with Crippen molar-refractivity contribution in [3.05, 3.63) is 65.2 Å². The van der Waals surface area contributed by atoms with Crippen LogP contribution in [-0.4, -0.2) is 72.7 Å². The predicted molar refractivity (Wildman–Crippen MR) is 131 cm³/mol. The average Bonchev–Trinajstić information content (AvgIpc) is 3.22. The van der Waals surface area contributed by atoms with Gasteiger partial charge in [-0.25, -0.2) is 13.4 Å². The van der Waals surface area contributed by atoms with Crippen molar-refractivity contribution in [1.29, 1.82) is 0 Å². The summed E-state index contributed by atoms with van der Waals surface area (Å²) in [5, 5.41) is 1.41. The van der Waals surface area contributed by atoms with Crippen LogP contribution in [0.1, 0.15) is 16.8 Å². The van der Waals surface area contributed by atoms with Gasteiger partial charge in [0.1, 0.15) is 0 Å². The minimum absolute atomic E-state index is 0.0680. The number of pyridine rings is 1. The van der Waals surface area contributed by atoms with Crippen LogP contribution >= 0.6 is 11.6 Å². The third-order valence-electron chi connectivity index (χ3n) is 6.55. The summed E-state index contributed by atoms with van der Waals surface area (Å²) >= 11 is 6.03. The van der Waals surface area contributed by atoms with Crippen LogP contribution in [0.5, 0.6) is 0 Å². The number of hydrogen-bond donors (Lipinski definition) is 0. The first-order valence-corrected chi connectivity index (χ1v) is 13.4. The maximum absolute atomic E-state index is 13.6. The van der Waals surface area contributed by atoms with Crippen molar-refractivity contribution in [2.24, 2.45) is 5.92 Å². The van der Waals surface area contributed by atoms with Gasteiger partial charge in [0.15, 0.2) is 9.84 Å². The molecule has 0 spiro atoms. The van der Waals surface area contributed by atoms with E-state index in [-0.39, 0.29) is 23.3 Å². The van der Waals surface area contributed by atoms with Crippen molar-refractivity contribution in [2.45, 2.75) is 6.42 Å². The summed E-state index contributed by atoms with van der Waals surface area (Å²) in [5.74, 6) is -0.677. The van der Waals surface area contributed by atoms with E-state index in [1.807, 2.05) is 42.5 Å². The van der Waals surface area contributed by atoms with Crippen LogP contribution in [0.15, 0.2) is 54.6 Å². The van der Waals surface area contributed by atoms with Crippen molar-refractivity contribution < 1.29 is 18.0 Å². The smallest absolute Gasteiger partial charge is 0.254 e. The zero-order chi connectivity index (χ0) is 23.9. The molecule has 0 unspecified atom stereocenters. The minimum Gasteiger partial charge on any atom is -0.339 e. The van der Waals surface area contributed by atoms with E-state index >= 15 is 0 Å². The Morgan fingerprint density at radius 3 is 2.29 bits per heavy atom. The Hall–Kier alpha value is -2.97. The molecule has 1 aromatic heterocycles. The first-order chi connectivity index (χ1) is 16.3. The molecule has 5 rings (SSSR count). The highest BCUT2D eigenvalue weighted by atomic mass is 35.5. The molecule has 3 aromatic rings. The largest absolute Gasteiger partial charge is 0.339 e. The number of fused-ring (bicyclic) bond motifs is 1. The van der Waals surface area contributed by atoms with Gasteiger partial charge >= 0.3 is 0 Å². The lowest BCUT2D eigenvalue weighted by Gasteiger charge is -2.36. The van der Waals surface area contributed by atoms with Crippen LogP contribution in [0.25, 0.3) is 22.2 Å². The van der Waals surface area contributed by atoms with Gasteiger partial charge in [-0.15, -0.1) is 0 Å². The summed E-state index contributed by atoms with van der Waals surface area (Å²) in [4.78, 5) is 34.5. The summed E-state index contributed by atoms with van der Waals surface area (Å²) in [6.07, 6.45) is 0.386. The first kappa shape index (κ1) is 22.8. The Balaban J connectivity index is 1.36. The van der Waals surface area contributed by atoms with Crippen molar-refractivity contribution in [3.8, 4) is 11.3 Å². The number of sulfone groups is 1. The molecular formula is C25H24ClN3O4S. The molecule has 7 nitrogen and oxygen atoms in total. The number of rotatable bonds is 3. The lowest BCUT2D eigenvalue weighted by Crippen LogP contribution is -2.52. The fraction of sp³-hybridized carbons (Fsp3) is 0.320. The molecule has 2 aliphatic rings. The van der Waals surface area contributed by atoms with E-state index in [1.54, 1.807) is 21.9 Å². The molecule has 0 aliphatic carbocycles. The quantitative estimate of drug-likeness (QED) is 0.554. The zero-order valence-corrected chi connectivity index (χ0v) is 20.1. The van der Waals surface area contributed by atoms with Gasteiger partial charge in [-0.3, -0.25) is 9.59 Å². The highest BCUT2D eigenvalue weighted by Gasteiger charge is 2.36. The fourth-order valence-corrected chi connectivity index (χ4v) is 6.53. The van der Waals surface area contributed by atoms with Crippen molar-refractivity contribution in [3.63, 3.8) is 0 Å². The topological polar surface area (TPSA) is 87.7 Å². The number of para-hydroxylation sites is 1. The second kappa shape index (κ2) is 9.00. The molecule has 0 N–H and O–H groups in total. The molecule has 0 saturated carbocycles. The number of halogens is 1.